The molecule has 2 amide bonds. The minimum absolute atomic E-state index is 0.153. The average Bonchev–Trinajstić information content (AvgIpc) is 3.18. The molecule has 1 aliphatic rings. The van der Waals surface area contributed by atoms with E-state index in [9.17, 15) is 9.59 Å². The monoisotopic (exact) mass is 431 g/mol. The second kappa shape index (κ2) is 8.43. The van der Waals surface area contributed by atoms with Crippen LogP contribution in [0.1, 0.15) is 28.9 Å². The molecule has 0 bridgehead atoms. The van der Waals surface area contributed by atoms with Gasteiger partial charge < -0.3 is 10.6 Å². The van der Waals surface area contributed by atoms with E-state index >= 15 is 0 Å². The first-order valence-corrected chi connectivity index (χ1v) is 11.0. The number of aromatic nitrogens is 1. The topological polar surface area (TPSA) is 71.1 Å². The minimum Gasteiger partial charge on any atom is -0.352 e. The van der Waals surface area contributed by atoms with Gasteiger partial charge in [0, 0.05) is 17.8 Å². The van der Waals surface area contributed by atoms with Gasteiger partial charge in [0.2, 0.25) is 5.91 Å². The second-order valence-corrected chi connectivity index (χ2v) is 9.21. The van der Waals surface area contributed by atoms with Crippen LogP contribution in [0.3, 0.4) is 0 Å². The smallest absolute Gasteiger partial charge is 0.271 e. The Morgan fingerprint density at radius 2 is 1.96 bits per heavy atom. The fourth-order valence-electron chi connectivity index (χ4n) is 2.74. The predicted molar refractivity (Wildman–Crippen MR) is 113 cm³/mol. The highest BCUT2D eigenvalue weighted by molar-refractivity contribution is 7.23. The molecule has 1 aromatic carbocycles. The van der Waals surface area contributed by atoms with Gasteiger partial charge >= 0.3 is 0 Å². The normalized spacial score (nSPS) is 14.5. The Labute approximate surface area is 175 Å². The van der Waals surface area contributed by atoms with Crippen LogP contribution >= 0.6 is 34.3 Å². The number of thiophene rings is 1. The Kier molecular flexibility index (Phi) is 5.75. The standard InChI is InChI=1S/C20H18ClN3O2S2/c21-17-9-8-16(28-17)20-24-15(11-27-20)19(26)23-14(18(25)22-13-6-7-13)10-12-4-2-1-3-5-12/h1-5,8-9,11,13-14H,6-7,10H2,(H,22,25)(H,23,26). The third-order valence-electron chi connectivity index (χ3n) is 4.35. The Hall–Kier alpha value is -2.22. The molecule has 0 aliphatic heterocycles. The summed E-state index contributed by atoms with van der Waals surface area (Å²) in [6, 6.07) is 13.0. The van der Waals surface area contributed by atoms with Crippen LogP contribution in [0.15, 0.2) is 47.8 Å². The molecule has 2 aromatic heterocycles. The van der Waals surface area contributed by atoms with E-state index in [4.69, 9.17) is 11.6 Å². The van der Waals surface area contributed by atoms with Crippen LogP contribution in [-0.4, -0.2) is 28.9 Å². The van der Waals surface area contributed by atoms with Gasteiger partial charge in [-0.25, -0.2) is 4.98 Å². The predicted octanol–water partition coefficient (Wildman–Crippen LogP) is 4.14. The van der Waals surface area contributed by atoms with Gasteiger partial charge in [0.05, 0.1) is 9.21 Å². The third-order valence-corrected chi connectivity index (χ3v) is 6.59. The van der Waals surface area contributed by atoms with E-state index in [0.717, 1.165) is 28.3 Å². The van der Waals surface area contributed by atoms with E-state index in [1.54, 1.807) is 11.4 Å². The fraction of sp³-hybridized carbons (Fsp3) is 0.250. The molecule has 1 unspecified atom stereocenters. The lowest BCUT2D eigenvalue weighted by molar-refractivity contribution is -0.123. The largest absolute Gasteiger partial charge is 0.352 e. The summed E-state index contributed by atoms with van der Waals surface area (Å²) in [5.74, 6) is -0.503. The van der Waals surface area contributed by atoms with Gasteiger partial charge in [0.25, 0.3) is 5.91 Å². The number of nitrogens with one attached hydrogen (secondary N) is 2. The lowest BCUT2D eigenvalue weighted by Gasteiger charge is -2.18. The van der Waals surface area contributed by atoms with Crippen molar-refractivity contribution >= 4 is 46.1 Å². The molecule has 0 radical (unpaired) electrons. The SMILES string of the molecule is O=C(NC(Cc1ccccc1)C(=O)NC1CC1)c1csc(-c2ccc(Cl)s2)n1. The zero-order valence-electron chi connectivity index (χ0n) is 14.9. The van der Waals surface area contributed by atoms with Gasteiger partial charge in [0.1, 0.15) is 16.7 Å². The lowest BCUT2D eigenvalue weighted by atomic mass is 10.0. The maximum atomic E-state index is 12.7. The molecule has 1 fully saturated rings. The van der Waals surface area contributed by atoms with E-state index in [1.807, 2.05) is 36.4 Å². The van der Waals surface area contributed by atoms with Crippen molar-refractivity contribution < 1.29 is 9.59 Å². The van der Waals surface area contributed by atoms with E-state index < -0.39 is 6.04 Å². The van der Waals surface area contributed by atoms with E-state index in [0.29, 0.717) is 16.5 Å². The number of carbonyl (C=O) groups is 2. The number of amides is 2. The molecule has 1 saturated carbocycles. The van der Waals surface area contributed by atoms with E-state index in [1.165, 1.54) is 22.7 Å². The van der Waals surface area contributed by atoms with Gasteiger partial charge in [-0.05, 0) is 30.5 Å². The van der Waals surface area contributed by atoms with Crippen molar-refractivity contribution in [2.75, 3.05) is 0 Å². The molecule has 144 valence electrons. The van der Waals surface area contributed by atoms with Crippen LogP contribution in [0, 0.1) is 0 Å². The summed E-state index contributed by atoms with van der Waals surface area (Å²) in [6.07, 6.45) is 2.43. The quantitative estimate of drug-likeness (QED) is 0.590. The second-order valence-electron chi connectivity index (χ2n) is 6.64. The van der Waals surface area contributed by atoms with Gasteiger partial charge in [-0.3, -0.25) is 9.59 Å². The molecule has 0 spiro atoms. The van der Waals surface area contributed by atoms with Crippen molar-refractivity contribution in [3.05, 3.63) is 63.4 Å². The number of hydrogen-bond donors (Lipinski definition) is 2. The van der Waals surface area contributed by atoms with Crippen LogP contribution in [0.5, 0.6) is 0 Å². The van der Waals surface area contributed by atoms with Crippen molar-refractivity contribution in [2.45, 2.75) is 31.3 Å². The highest BCUT2D eigenvalue weighted by Gasteiger charge is 2.29. The van der Waals surface area contributed by atoms with Crippen LogP contribution in [0.25, 0.3) is 9.88 Å². The van der Waals surface area contributed by atoms with Crippen molar-refractivity contribution in [2.24, 2.45) is 0 Å². The number of benzene rings is 1. The first-order chi connectivity index (χ1) is 13.6. The van der Waals surface area contributed by atoms with Crippen LogP contribution in [0.4, 0.5) is 0 Å². The highest BCUT2D eigenvalue weighted by atomic mass is 35.5. The molecular formula is C20H18ClN3O2S2. The number of nitrogens with zero attached hydrogens (tertiary/aromatic N) is 1. The highest BCUT2D eigenvalue weighted by Crippen LogP contribution is 2.32. The van der Waals surface area contributed by atoms with Crippen molar-refractivity contribution in [3.8, 4) is 9.88 Å². The zero-order valence-corrected chi connectivity index (χ0v) is 17.2. The number of halogens is 1. The fourth-order valence-corrected chi connectivity index (χ4v) is 4.66. The molecule has 2 heterocycles. The maximum Gasteiger partial charge on any atom is 0.271 e. The van der Waals surface area contributed by atoms with Gasteiger partial charge in [-0.15, -0.1) is 22.7 Å². The summed E-state index contributed by atoms with van der Waals surface area (Å²) in [4.78, 5) is 30.7. The molecule has 4 rings (SSSR count). The molecular weight excluding hydrogens is 414 g/mol. The Balaban J connectivity index is 1.48. The summed E-state index contributed by atoms with van der Waals surface area (Å²) < 4.78 is 0.677. The summed E-state index contributed by atoms with van der Waals surface area (Å²) in [6.45, 7) is 0. The Morgan fingerprint density at radius 3 is 2.64 bits per heavy atom. The maximum absolute atomic E-state index is 12.7. The van der Waals surface area contributed by atoms with E-state index in [2.05, 4.69) is 15.6 Å². The van der Waals surface area contributed by atoms with Crippen molar-refractivity contribution in [3.63, 3.8) is 0 Å². The molecule has 8 heteroatoms. The molecule has 3 aromatic rings. The Bertz CT molecular complexity index is 982. The zero-order chi connectivity index (χ0) is 19.5. The summed E-state index contributed by atoms with van der Waals surface area (Å²) in [5.41, 5.74) is 1.30. The molecule has 1 atom stereocenters. The molecule has 0 saturated heterocycles. The van der Waals surface area contributed by atoms with Gasteiger partial charge in [-0.1, -0.05) is 41.9 Å². The van der Waals surface area contributed by atoms with Crippen molar-refractivity contribution in [1.82, 2.24) is 15.6 Å². The number of hydrogen-bond acceptors (Lipinski definition) is 5. The lowest BCUT2D eigenvalue weighted by Crippen LogP contribution is -2.48. The van der Waals surface area contributed by atoms with Crippen LogP contribution in [-0.2, 0) is 11.2 Å². The minimum atomic E-state index is -0.642. The summed E-state index contributed by atoms with van der Waals surface area (Å²) in [5, 5.41) is 8.28. The first-order valence-electron chi connectivity index (χ1n) is 8.95. The third kappa shape index (κ3) is 4.79. The number of carbonyl (C=O) groups excluding carboxylic acids is 2. The van der Waals surface area contributed by atoms with E-state index in [-0.39, 0.29) is 17.9 Å². The average molecular weight is 432 g/mol. The van der Waals surface area contributed by atoms with Crippen LogP contribution < -0.4 is 10.6 Å². The Morgan fingerprint density at radius 1 is 1.18 bits per heavy atom. The molecule has 5 nitrogen and oxygen atoms in total. The van der Waals surface area contributed by atoms with Crippen LogP contribution in [0.2, 0.25) is 4.34 Å². The van der Waals surface area contributed by atoms with Gasteiger partial charge in [0.15, 0.2) is 0 Å². The summed E-state index contributed by atoms with van der Waals surface area (Å²) >= 11 is 8.78. The summed E-state index contributed by atoms with van der Waals surface area (Å²) in [7, 11) is 0. The first kappa shape index (κ1) is 19.1. The molecule has 28 heavy (non-hydrogen) atoms. The molecule has 2 N–H and O–H groups in total. The number of thiazole rings is 1. The van der Waals surface area contributed by atoms with Gasteiger partial charge in [-0.2, -0.15) is 0 Å². The number of rotatable bonds is 7. The molecule has 1 aliphatic carbocycles. The van der Waals surface area contributed by atoms with Crippen molar-refractivity contribution in [1.29, 1.82) is 0 Å².